The van der Waals surface area contributed by atoms with Crippen LogP contribution >= 0.6 is 11.6 Å². The molecule has 0 unspecified atom stereocenters. The average Bonchev–Trinajstić information content (AvgIpc) is 2.79. The predicted molar refractivity (Wildman–Crippen MR) is 163 cm³/mol. The summed E-state index contributed by atoms with van der Waals surface area (Å²) < 4.78 is 11.8. The van der Waals surface area contributed by atoms with Gasteiger partial charge < -0.3 is 9.47 Å². The van der Waals surface area contributed by atoms with Crippen molar-refractivity contribution in [3.63, 3.8) is 0 Å². The van der Waals surface area contributed by atoms with E-state index in [9.17, 15) is 0 Å². The molecule has 0 spiro atoms. The average molecular weight is 519 g/mol. The van der Waals surface area contributed by atoms with E-state index >= 15 is 0 Å². The highest BCUT2D eigenvalue weighted by Gasteiger charge is 2.21. The number of rotatable bonds is 3. The Labute approximate surface area is 228 Å². The Balaban J connectivity index is 0.000000695. The number of methoxy groups -OCH3 is 2. The van der Waals surface area contributed by atoms with Crippen LogP contribution in [0.2, 0.25) is 0 Å². The fraction of sp³-hybridized carbons (Fsp3) is 0.412. The maximum Gasteiger partial charge on any atom is 0.127 e. The summed E-state index contributed by atoms with van der Waals surface area (Å²) in [5, 5.41) is 4.75. The van der Waals surface area contributed by atoms with Crippen molar-refractivity contribution in [1.82, 2.24) is 0 Å². The Hall–Kier alpha value is -2.71. The minimum atomic E-state index is -0.0278. The standard InChI is InChI=1S/C30H34O2.C4H9Cl/c1-29(2,3)21-11-13-23-19(17-21)9-15-25(31-7)27(23)28-24-14-12-22(30(4,5)6)18-20(24)10-16-26(28)32-8;1-4(2,3)5/h9-18H,1-8H3;1-3H3. The van der Waals surface area contributed by atoms with Crippen molar-refractivity contribution < 1.29 is 9.47 Å². The van der Waals surface area contributed by atoms with Gasteiger partial charge in [0.2, 0.25) is 0 Å². The second-order valence-corrected chi connectivity index (χ2v) is 13.9. The first-order chi connectivity index (χ1) is 17.0. The zero-order chi connectivity index (χ0) is 27.8. The first-order valence-corrected chi connectivity index (χ1v) is 13.3. The molecule has 0 saturated heterocycles. The van der Waals surface area contributed by atoms with Crippen LogP contribution < -0.4 is 9.47 Å². The van der Waals surface area contributed by atoms with Crippen molar-refractivity contribution in [2.24, 2.45) is 0 Å². The van der Waals surface area contributed by atoms with Crippen LogP contribution in [0.25, 0.3) is 32.7 Å². The van der Waals surface area contributed by atoms with Crippen LogP contribution in [0.5, 0.6) is 11.5 Å². The summed E-state index contributed by atoms with van der Waals surface area (Å²) >= 11 is 5.53. The van der Waals surface area contributed by atoms with Gasteiger partial charge in [-0.1, -0.05) is 90.1 Å². The minimum Gasteiger partial charge on any atom is -0.496 e. The van der Waals surface area contributed by atoms with Gasteiger partial charge in [0, 0.05) is 16.0 Å². The van der Waals surface area contributed by atoms with Crippen LogP contribution in [0.15, 0.2) is 60.7 Å². The molecule has 198 valence electrons. The molecule has 0 aliphatic rings. The smallest absolute Gasteiger partial charge is 0.127 e. The van der Waals surface area contributed by atoms with Gasteiger partial charge >= 0.3 is 0 Å². The Morgan fingerprint density at radius 3 is 1.11 bits per heavy atom. The number of hydrogen-bond acceptors (Lipinski definition) is 2. The van der Waals surface area contributed by atoms with Crippen molar-refractivity contribution in [3.8, 4) is 22.6 Å². The van der Waals surface area contributed by atoms with Gasteiger partial charge in [-0.25, -0.2) is 0 Å². The maximum atomic E-state index is 5.88. The molecule has 0 aliphatic carbocycles. The molecule has 0 atom stereocenters. The molecular formula is C34H43ClO2. The van der Waals surface area contributed by atoms with Gasteiger partial charge in [-0.3, -0.25) is 0 Å². The zero-order valence-electron chi connectivity index (χ0n) is 24.5. The summed E-state index contributed by atoms with van der Waals surface area (Å²) in [5.41, 5.74) is 4.98. The van der Waals surface area contributed by atoms with Crippen LogP contribution in [0.1, 0.15) is 73.4 Å². The topological polar surface area (TPSA) is 18.5 Å². The number of benzene rings is 4. The number of fused-ring (bicyclic) bond motifs is 2. The van der Waals surface area contributed by atoms with Gasteiger partial charge in [-0.15, -0.1) is 11.6 Å². The number of ether oxygens (including phenoxy) is 2. The van der Waals surface area contributed by atoms with E-state index < -0.39 is 0 Å². The molecule has 0 heterocycles. The van der Waals surface area contributed by atoms with Crippen molar-refractivity contribution in [2.75, 3.05) is 14.2 Å². The highest BCUT2D eigenvalue weighted by Crippen LogP contribution is 2.46. The monoisotopic (exact) mass is 518 g/mol. The first kappa shape index (κ1) is 28.9. The van der Waals surface area contributed by atoms with Gasteiger partial charge in [0.05, 0.1) is 14.2 Å². The highest BCUT2D eigenvalue weighted by molar-refractivity contribution is 6.23. The summed E-state index contributed by atoms with van der Waals surface area (Å²) in [6.07, 6.45) is 0. The second-order valence-electron chi connectivity index (χ2n) is 12.7. The third kappa shape index (κ3) is 6.79. The summed E-state index contributed by atoms with van der Waals surface area (Å²) in [7, 11) is 3.48. The normalized spacial score (nSPS) is 12.3. The van der Waals surface area contributed by atoms with Crippen molar-refractivity contribution in [1.29, 1.82) is 0 Å². The first-order valence-electron chi connectivity index (χ1n) is 13.0. The number of alkyl halides is 1. The quantitative estimate of drug-likeness (QED) is 0.251. The number of halogens is 1. The molecule has 0 radical (unpaired) electrons. The molecule has 0 aromatic heterocycles. The lowest BCUT2D eigenvalue weighted by Gasteiger charge is -2.23. The van der Waals surface area contributed by atoms with Crippen LogP contribution in [0.4, 0.5) is 0 Å². The summed E-state index contributed by atoms with van der Waals surface area (Å²) in [6, 6.07) is 22.0. The zero-order valence-corrected chi connectivity index (χ0v) is 25.2. The molecule has 2 nitrogen and oxygen atoms in total. The third-order valence-corrected chi connectivity index (χ3v) is 6.39. The van der Waals surface area contributed by atoms with Gasteiger partial charge in [-0.2, -0.15) is 0 Å². The summed E-state index contributed by atoms with van der Waals surface area (Å²) in [6.45, 7) is 19.4. The molecule has 0 bridgehead atoms. The highest BCUT2D eigenvalue weighted by atomic mass is 35.5. The van der Waals surface area contributed by atoms with Crippen LogP contribution in [-0.2, 0) is 10.8 Å². The van der Waals surface area contributed by atoms with E-state index in [-0.39, 0.29) is 15.7 Å². The molecule has 0 fully saturated rings. The lowest BCUT2D eigenvalue weighted by atomic mass is 9.83. The van der Waals surface area contributed by atoms with Crippen molar-refractivity contribution >= 4 is 33.1 Å². The summed E-state index contributed by atoms with van der Waals surface area (Å²) in [5.74, 6) is 1.71. The molecule has 4 aromatic rings. The van der Waals surface area contributed by atoms with E-state index in [1.54, 1.807) is 14.2 Å². The summed E-state index contributed by atoms with van der Waals surface area (Å²) in [4.78, 5) is -0.0278. The molecule has 0 saturated carbocycles. The van der Waals surface area contributed by atoms with E-state index in [0.717, 1.165) is 22.6 Å². The fourth-order valence-corrected chi connectivity index (χ4v) is 4.41. The molecule has 4 rings (SSSR count). The Bertz CT molecular complexity index is 1290. The van der Waals surface area contributed by atoms with Gasteiger partial charge in [0.1, 0.15) is 11.5 Å². The molecule has 37 heavy (non-hydrogen) atoms. The van der Waals surface area contributed by atoms with Gasteiger partial charge in [-0.05, 0) is 76.4 Å². The fourth-order valence-electron chi connectivity index (χ4n) is 4.41. The van der Waals surface area contributed by atoms with Gasteiger partial charge in [0.15, 0.2) is 0 Å². The van der Waals surface area contributed by atoms with E-state index in [4.69, 9.17) is 21.1 Å². The predicted octanol–water partition coefficient (Wildman–Crippen LogP) is 10.3. The van der Waals surface area contributed by atoms with Crippen LogP contribution in [-0.4, -0.2) is 19.1 Å². The minimum absolute atomic E-state index is 0.0278. The molecule has 0 aliphatic heterocycles. The van der Waals surface area contributed by atoms with Crippen LogP contribution in [0.3, 0.4) is 0 Å². The number of hydrogen-bond donors (Lipinski definition) is 0. The van der Waals surface area contributed by atoms with E-state index in [1.165, 1.54) is 32.7 Å². The van der Waals surface area contributed by atoms with Gasteiger partial charge in [0.25, 0.3) is 0 Å². The largest absolute Gasteiger partial charge is 0.496 e. The van der Waals surface area contributed by atoms with Crippen molar-refractivity contribution in [2.45, 2.75) is 78.0 Å². The van der Waals surface area contributed by atoms with E-state index in [1.807, 2.05) is 20.8 Å². The molecule has 0 N–H and O–H groups in total. The SMILES string of the molecule is CC(C)(C)Cl.COc1ccc2cc(C(C)(C)C)ccc2c1-c1c(OC)ccc2cc(C(C)(C)C)ccc12. The lowest BCUT2D eigenvalue weighted by Crippen LogP contribution is -2.10. The Morgan fingerprint density at radius 1 is 0.514 bits per heavy atom. The molecule has 0 amide bonds. The third-order valence-electron chi connectivity index (χ3n) is 6.39. The Kier molecular flexibility index (Phi) is 8.25. The second kappa shape index (κ2) is 10.6. The lowest BCUT2D eigenvalue weighted by molar-refractivity contribution is 0.411. The molecule has 4 aromatic carbocycles. The van der Waals surface area contributed by atoms with E-state index in [2.05, 4.69) is 102 Å². The van der Waals surface area contributed by atoms with E-state index in [0.29, 0.717) is 0 Å². The Morgan fingerprint density at radius 2 is 0.838 bits per heavy atom. The van der Waals surface area contributed by atoms with Crippen molar-refractivity contribution in [3.05, 3.63) is 71.8 Å². The maximum absolute atomic E-state index is 5.88. The molecular weight excluding hydrogens is 476 g/mol. The van der Waals surface area contributed by atoms with Crippen LogP contribution in [0, 0.1) is 0 Å². The molecule has 3 heteroatoms.